The number of hydrogen-bond donors (Lipinski definition) is 1. The number of carbonyl (C=O) groups excluding carboxylic acids is 1. The molecule has 0 aliphatic carbocycles. The number of thiocarbonyl (C=S) groups is 1. The number of amides is 1. The number of anilines is 1. The summed E-state index contributed by atoms with van der Waals surface area (Å²) in [5.41, 5.74) is 1.25. The molecule has 1 radical (unpaired) electrons. The van der Waals surface area contributed by atoms with Gasteiger partial charge in [0.05, 0.1) is 12.1 Å². The maximum Gasteiger partial charge on any atom is 0.305 e. The van der Waals surface area contributed by atoms with Gasteiger partial charge in [-0.3, -0.25) is 14.5 Å². The SMILES string of the molecule is CCN1C(=O)C(=CC=C2Oc3ccccc3N2CCC(=O)O)N(C)C1=S.[K]. The maximum atomic E-state index is 12.4. The van der Waals surface area contributed by atoms with E-state index >= 15 is 0 Å². The third-order valence-electron chi connectivity index (χ3n) is 4.23. The Kier molecular flexibility index (Phi) is 7.61. The van der Waals surface area contributed by atoms with Crippen molar-refractivity contribution in [2.45, 2.75) is 13.3 Å². The number of nitrogens with zero attached hydrogens (tertiary/aromatic N) is 3. The van der Waals surface area contributed by atoms with Crippen molar-refractivity contribution >= 4 is 86.3 Å². The summed E-state index contributed by atoms with van der Waals surface area (Å²) < 4.78 is 5.84. The molecule has 0 aromatic heterocycles. The van der Waals surface area contributed by atoms with Crippen LogP contribution in [0.1, 0.15) is 13.3 Å². The number of hydrogen-bond acceptors (Lipinski definition) is 5. The van der Waals surface area contributed by atoms with E-state index in [1.807, 2.05) is 31.2 Å². The minimum atomic E-state index is -0.887. The molecule has 1 aromatic carbocycles. The van der Waals surface area contributed by atoms with Crippen LogP contribution >= 0.6 is 12.2 Å². The van der Waals surface area contributed by atoms with Crippen LogP contribution in [0.2, 0.25) is 0 Å². The van der Waals surface area contributed by atoms with Gasteiger partial charge in [-0.25, -0.2) is 0 Å². The van der Waals surface area contributed by atoms with Crippen molar-refractivity contribution in [3.63, 3.8) is 0 Å². The van der Waals surface area contributed by atoms with E-state index in [1.165, 1.54) is 4.90 Å². The fourth-order valence-corrected chi connectivity index (χ4v) is 3.19. The van der Waals surface area contributed by atoms with Crippen LogP contribution in [0.15, 0.2) is 48.0 Å². The van der Waals surface area contributed by atoms with Gasteiger partial charge in [-0.05, 0) is 37.4 Å². The Morgan fingerprint density at radius 1 is 1.26 bits per heavy atom. The van der Waals surface area contributed by atoms with Crippen molar-refractivity contribution in [1.29, 1.82) is 0 Å². The van der Waals surface area contributed by atoms with Gasteiger partial charge in [-0.2, -0.15) is 0 Å². The summed E-state index contributed by atoms with van der Waals surface area (Å²) in [4.78, 5) is 28.4. The van der Waals surface area contributed by atoms with Gasteiger partial charge in [0.1, 0.15) is 5.70 Å². The van der Waals surface area contributed by atoms with E-state index in [9.17, 15) is 9.59 Å². The molecule has 1 saturated heterocycles. The number of carboxylic acids is 1. The standard InChI is InChI=1S/C18H19N3O4S.K/c1-3-20-17(24)13(19(2)18(20)26)8-9-15-21(11-10-16(22)23)12-6-4-5-7-14(12)25-15;/h4-9H,3,10-11H2,1-2H3,(H,22,23);. The maximum absolute atomic E-state index is 12.4. The molecule has 137 valence electrons. The number of aliphatic carboxylic acids is 1. The summed E-state index contributed by atoms with van der Waals surface area (Å²) in [6, 6.07) is 7.40. The number of allylic oxidation sites excluding steroid dienone is 2. The van der Waals surface area contributed by atoms with Gasteiger partial charge in [0.15, 0.2) is 10.9 Å². The summed E-state index contributed by atoms with van der Waals surface area (Å²) in [5, 5.41) is 9.45. The first-order valence-electron chi connectivity index (χ1n) is 8.21. The van der Waals surface area contributed by atoms with E-state index in [-0.39, 0.29) is 70.3 Å². The molecule has 1 amide bonds. The third-order valence-corrected chi connectivity index (χ3v) is 4.72. The number of rotatable bonds is 5. The topological polar surface area (TPSA) is 73.3 Å². The molecule has 0 spiro atoms. The Morgan fingerprint density at radius 3 is 2.59 bits per heavy atom. The number of likely N-dealkylation sites (N-methyl/N-ethyl adjacent to an activating group) is 2. The number of carbonyl (C=O) groups is 2. The smallest absolute Gasteiger partial charge is 0.305 e. The molecule has 3 rings (SSSR count). The predicted octanol–water partition coefficient (Wildman–Crippen LogP) is 1.78. The van der Waals surface area contributed by atoms with Gasteiger partial charge in [-0.15, -0.1) is 0 Å². The molecule has 1 fully saturated rings. The van der Waals surface area contributed by atoms with Crippen LogP contribution < -0.4 is 9.64 Å². The molecule has 0 unspecified atom stereocenters. The van der Waals surface area contributed by atoms with Crippen molar-refractivity contribution in [3.05, 3.63) is 48.0 Å². The molecule has 2 heterocycles. The minimum Gasteiger partial charge on any atom is -0.481 e. The average Bonchev–Trinajstić information content (AvgIpc) is 3.06. The molecule has 1 aromatic rings. The Labute approximate surface area is 205 Å². The Bertz CT molecular complexity index is 840. The largest absolute Gasteiger partial charge is 0.481 e. The number of para-hydroxylation sites is 2. The zero-order chi connectivity index (χ0) is 18.8. The van der Waals surface area contributed by atoms with Crippen molar-refractivity contribution in [2.75, 3.05) is 25.0 Å². The Balaban J connectivity index is 0.00000261. The molecule has 2 aliphatic heterocycles. The minimum absolute atomic E-state index is 0. The zero-order valence-electron chi connectivity index (χ0n) is 15.5. The quantitative estimate of drug-likeness (QED) is 0.449. The summed E-state index contributed by atoms with van der Waals surface area (Å²) in [6.07, 6.45) is 3.30. The van der Waals surface area contributed by atoms with E-state index in [4.69, 9.17) is 22.1 Å². The van der Waals surface area contributed by atoms with Crippen molar-refractivity contribution in [1.82, 2.24) is 9.80 Å². The fourth-order valence-electron chi connectivity index (χ4n) is 2.88. The number of ether oxygens (including phenoxy) is 1. The van der Waals surface area contributed by atoms with E-state index in [1.54, 1.807) is 29.0 Å². The number of benzene rings is 1. The van der Waals surface area contributed by atoms with Crippen LogP contribution in [0.4, 0.5) is 5.69 Å². The molecule has 2 aliphatic rings. The van der Waals surface area contributed by atoms with Gasteiger partial charge >= 0.3 is 5.97 Å². The second kappa shape index (κ2) is 9.31. The zero-order valence-corrected chi connectivity index (χ0v) is 19.4. The Hall–Kier alpha value is -1.23. The second-order valence-electron chi connectivity index (χ2n) is 5.81. The Morgan fingerprint density at radius 2 is 1.96 bits per heavy atom. The monoisotopic (exact) mass is 412 g/mol. The van der Waals surface area contributed by atoms with Crippen LogP contribution in [0.25, 0.3) is 0 Å². The van der Waals surface area contributed by atoms with E-state index in [0.29, 0.717) is 29.0 Å². The van der Waals surface area contributed by atoms with Crippen molar-refractivity contribution in [3.8, 4) is 5.75 Å². The van der Waals surface area contributed by atoms with Gasteiger partial charge in [0, 0.05) is 77.6 Å². The van der Waals surface area contributed by atoms with Gasteiger partial charge in [0.2, 0.25) is 5.88 Å². The van der Waals surface area contributed by atoms with Crippen molar-refractivity contribution in [2.24, 2.45) is 0 Å². The molecule has 7 nitrogen and oxygen atoms in total. The fraction of sp³-hybridized carbons (Fsp3) is 0.278. The first-order chi connectivity index (χ1) is 12.4. The summed E-state index contributed by atoms with van der Waals surface area (Å²) >= 11 is 5.28. The molecule has 0 atom stereocenters. The molecule has 1 N–H and O–H groups in total. The third kappa shape index (κ3) is 4.44. The normalized spacial score (nSPS) is 18.8. The van der Waals surface area contributed by atoms with Crippen LogP contribution in [0, 0.1) is 0 Å². The molecule has 27 heavy (non-hydrogen) atoms. The van der Waals surface area contributed by atoms with Crippen molar-refractivity contribution < 1.29 is 19.4 Å². The molecule has 0 bridgehead atoms. The van der Waals surface area contributed by atoms with E-state index < -0.39 is 5.97 Å². The van der Waals surface area contributed by atoms with Gasteiger partial charge < -0.3 is 19.6 Å². The van der Waals surface area contributed by atoms with Gasteiger partial charge in [-0.1, -0.05) is 12.1 Å². The van der Waals surface area contributed by atoms with Crippen LogP contribution in [0.5, 0.6) is 5.75 Å². The summed E-state index contributed by atoms with van der Waals surface area (Å²) in [7, 11) is 1.74. The first-order valence-corrected chi connectivity index (χ1v) is 8.62. The number of fused-ring (bicyclic) bond motifs is 1. The number of carboxylic acid groups (broad SMARTS) is 1. The molecular formula is C18H19KN3O4S. The average molecular weight is 413 g/mol. The van der Waals surface area contributed by atoms with Gasteiger partial charge in [0.25, 0.3) is 5.91 Å². The van der Waals surface area contributed by atoms with Crippen LogP contribution in [-0.2, 0) is 9.59 Å². The predicted molar refractivity (Wildman–Crippen MR) is 106 cm³/mol. The first kappa shape index (κ1) is 22.1. The molecule has 0 saturated carbocycles. The van der Waals surface area contributed by atoms with E-state index in [2.05, 4.69) is 0 Å². The second-order valence-corrected chi connectivity index (χ2v) is 6.18. The summed E-state index contributed by atoms with van der Waals surface area (Å²) in [5.74, 6) is 0.0764. The van der Waals surface area contributed by atoms with Crippen LogP contribution in [-0.4, -0.2) is 103 Å². The van der Waals surface area contributed by atoms with Crippen LogP contribution in [0.3, 0.4) is 0 Å². The summed E-state index contributed by atoms with van der Waals surface area (Å²) in [6.45, 7) is 2.64. The van der Waals surface area contributed by atoms with E-state index in [0.717, 1.165) is 5.69 Å². The molecular weight excluding hydrogens is 393 g/mol. The molecule has 9 heteroatoms.